The summed E-state index contributed by atoms with van der Waals surface area (Å²) in [5.74, 6) is -0.219. The molecule has 0 spiro atoms. The number of nitrogens with zero attached hydrogens (tertiary/aromatic N) is 3. The fraction of sp³-hybridized carbons (Fsp3) is 0.316. The van der Waals surface area contributed by atoms with Crippen LogP contribution in [0.3, 0.4) is 0 Å². The minimum Gasteiger partial charge on any atom is -0.339 e. The third-order valence-electron chi connectivity index (χ3n) is 4.80. The maximum Gasteiger partial charge on any atom is 0.433 e. The van der Waals surface area contributed by atoms with Crippen LogP contribution in [0.15, 0.2) is 35.1 Å². The summed E-state index contributed by atoms with van der Waals surface area (Å²) >= 11 is 7.01. The van der Waals surface area contributed by atoms with Crippen LogP contribution >= 0.6 is 23.1 Å². The van der Waals surface area contributed by atoms with E-state index in [9.17, 15) is 22.8 Å². The van der Waals surface area contributed by atoms with Crippen molar-refractivity contribution in [2.75, 3.05) is 13.1 Å². The molecule has 0 bridgehead atoms. The number of carbonyl (C=O) groups is 1. The van der Waals surface area contributed by atoms with Gasteiger partial charge in [-0.15, -0.1) is 0 Å². The number of hydrogen-bond acceptors (Lipinski definition) is 4. The number of amides is 1. The van der Waals surface area contributed by atoms with Gasteiger partial charge in [0, 0.05) is 13.1 Å². The van der Waals surface area contributed by atoms with Gasteiger partial charge in [-0.1, -0.05) is 11.6 Å². The van der Waals surface area contributed by atoms with Crippen molar-refractivity contribution in [1.82, 2.24) is 13.8 Å². The highest BCUT2D eigenvalue weighted by atomic mass is 35.5. The van der Waals surface area contributed by atoms with E-state index in [-0.39, 0.29) is 26.7 Å². The fourth-order valence-electron chi connectivity index (χ4n) is 3.31. The maximum atomic E-state index is 12.9. The van der Waals surface area contributed by atoms with Crippen molar-refractivity contribution in [3.05, 3.63) is 57.0 Å². The third kappa shape index (κ3) is 3.76. The number of halogens is 4. The number of aromatic nitrogens is 2. The summed E-state index contributed by atoms with van der Waals surface area (Å²) in [5.41, 5.74) is -0.934. The van der Waals surface area contributed by atoms with E-state index in [0.717, 1.165) is 42.9 Å². The average molecular weight is 442 g/mol. The Morgan fingerprint density at radius 2 is 1.83 bits per heavy atom. The van der Waals surface area contributed by atoms with Crippen molar-refractivity contribution < 1.29 is 18.0 Å². The molecular weight excluding hydrogens is 427 g/mol. The Balaban J connectivity index is 1.77. The molecule has 1 aromatic carbocycles. The molecule has 152 valence electrons. The van der Waals surface area contributed by atoms with Crippen molar-refractivity contribution in [3.8, 4) is 5.69 Å². The third-order valence-corrected chi connectivity index (χ3v) is 6.17. The van der Waals surface area contributed by atoms with Crippen LogP contribution in [0.4, 0.5) is 13.2 Å². The first-order chi connectivity index (χ1) is 13.8. The molecule has 10 heteroatoms. The van der Waals surface area contributed by atoms with Gasteiger partial charge in [0.2, 0.25) is 0 Å². The standard InChI is InChI=1S/C19H15ClF3N3O2S/c20-14-6-4-11(10-13(14)17(27)25-8-2-1-3-9-25)26-18(28)12-5-7-15(19(21,22)23)24-16(12)29-26/h4-7,10H,1-3,8-9H2. The topological polar surface area (TPSA) is 55.2 Å². The largest absolute Gasteiger partial charge is 0.433 e. The van der Waals surface area contributed by atoms with Gasteiger partial charge in [-0.25, -0.2) is 8.94 Å². The van der Waals surface area contributed by atoms with Gasteiger partial charge in [-0.2, -0.15) is 13.2 Å². The second-order valence-corrected chi connectivity index (χ2v) is 8.10. The molecule has 1 amide bonds. The quantitative estimate of drug-likeness (QED) is 0.577. The molecule has 0 unspecified atom stereocenters. The van der Waals surface area contributed by atoms with Crippen LogP contribution in [0.25, 0.3) is 15.9 Å². The van der Waals surface area contributed by atoms with Crippen LogP contribution < -0.4 is 5.56 Å². The number of benzene rings is 1. The van der Waals surface area contributed by atoms with Crippen LogP contribution in [0.5, 0.6) is 0 Å². The highest BCUT2D eigenvalue weighted by Crippen LogP contribution is 2.30. The minimum atomic E-state index is -4.60. The first-order valence-corrected chi connectivity index (χ1v) is 10.1. The number of pyridine rings is 1. The van der Waals surface area contributed by atoms with Gasteiger partial charge in [-0.3, -0.25) is 9.59 Å². The van der Waals surface area contributed by atoms with Gasteiger partial charge < -0.3 is 4.90 Å². The summed E-state index contributed by atoms with van der Waals surface area (Å²) in [6, 6.07) is 6.47. The SMILES string of the molecule is O=C(c1cc(-n2sc3nc(C(F)(F)F)ccc3c2=O)ccc1Cl)N1CCCCC1. The lowest BCUT2D eigenvalue weighted by Gasteiger charge is -2.27. The predicted molar refractivity (Wildman–Crippen MR) is 105 cm³/mol. The fourth-order valence-corrected chi connectivity index (χ4v) is 4.47. The van der Waals surface area contributed by atoms with E-state index >= 15 is 0 Å². The van der Waals surface area contributed by atoms with Gasteiger partial charge in [-0.05, 0) is 61.1 Å². The zero-order chi connectivity index (χ0) is 20.8. The van der Waals surface area contributed by atoms with E-state index in [4.69, 9.17) is 11.6 Å². The zero-order valence-corrected chi connectivity index (χ0v) is 16.6. The van der Waals surface area contributed by atoms with E-state index < -0.39 is 17.4 Å². The van der Waals surface area contributed by atoms with Crippen molar-refractivity contribution in [2.24, 2.45) is 0 Å². The maximum absolute atomic E-state index is 12.9. The second-order valence-electron chi connectivity index (χ2n) is 6.75. The zero-order valence-electron chi connectivity index (χ0n) is 15.0. The lowest BCUT2D eigenvalue weighted by atomic mass is 10.1. The van der Waals surface area contributed by atoms with Crippen LogP contribution in [-0.2, 0) is 6.18 Å². The molecule has 0 N–H and O–H groups in total. The van der Waals surface area contributed by atoms with Gasteiger partial charge >= 0.3 is 6.18 Å². The summed E-state index contributed by atoms with van der Waals surface area (Å²) in [6.45, 7) is 1.29. The van der Waals surface area contributed by atoms with Crippen LogP contribution in [0.2, 0.25) is 5.02 Å². The van der Waals surface area contributed by atoms with Gasteiger partial charge in [0.05, 0.1) is 21.7 Å². The lowest BCUT2D eigenvalue weighted by molar-refractivity contribution is -0.140. The van der Waals surface area contributed by atoms with E-state index in [1.807, 2.05) is 0 Å². The summed E-state index contributed by atoms with van der Waals surface area (Å²) < 4.78 is 40.0. The molecule has 1 fully saturated rings. The average Bonchev–Trinajstić information content (AvgIpc) is 3.04. The predicted octanol–water partition coefficient (Wildman–Crippen LogP) is 4.75. The number of fused-ring (bicyclic) bond motifs is 1. The highest BCUT2D eigenvalue weighted by molar-refractivity contribution is 7.13. The Labute approximate surface area is 172 Å². The molecule has 5 nitrogen and oxygen atoms in total. The van der Waals surface area contributed by atoms with Crippen molar-refractivity contribution in [2.45, 2.75) is 25.4 Å². The van der Waals surface area contributed by atoms with E-state index in [1.54, 1.807) is 11.0 Å². The summed E-state index contributed by atoms with van der Waals surface area (Å²) in [4.78, 5) is 30.8. The molecule has 1 aliphatic heterocycles. The first-order valence-electron chi connectivity index (χ1n) is 8.95. The molecule has 0 atom stereocenters. The Morgan fingerprint density at radius 3 is 2.52 bits per heavy atom. The van der Waals surface area contributed by atoms with Crippen LogP contribution in [0, 0.1) is 0 Å². The first kappa shape index (κ1) is 19.9. The van der Waals surface area contributed by atoms with Crippen molar-refractivity contribution in [3.63, 3.8) is 0 Å². The van der Waals surface area contributed by atoms with E-state index in [1.165, 1.54) is 16.1 Å². The summed E-state index contributed by atoms with van der Waals surface area (Å²) in [7, 11) is 0. The molecule has 0 aliphatic carbocycles. The van der Waals surface area contributed by atoms with Gasteiger partial charge in [0.25, 0.3) is 11.5 Å². The van der Waals surface area contributed by atoms with E-state index in [2.05, 4.69) is 4.98 Å². The number of likely N-dealkylation sites (tertiary alicyclic amines) is 1. The van der Waals surface area contributed by atoms with Gasteiger partial charge in [0.1, 0.15) is 10.5 Å². The smallest absolute Gasteiger partial charge is 0.339 e. The molecule has 3 aromatic rings. The molecule has 1 aliphatic rings. The van der Waals surface area contributed by atoms with Crippen molar-refractivity contribution >= 4 is 39.3 Å². The molecular formula is C19H15ClF3N3O2S. The Morgan fingerprint density at radius 1 is 1.10 bits per heavy atom. The number of piperidine rings is 1. The molecule has 0 saturated carbocycles. The number of hydrogen-bond donors (Lipinski definition) is 0. The molecule has 4 rings (SSSR count). The Hall–Kier alpha value is -2.39. The number of alkyl halides is 3. The second kappa shape index (κ2) is 7.46. The monoisotopic (exact) mass is 441 g/mol. The molecule has 0 radical (unpaired) electrons. The number of rotatable bonds is 2. The van der Waals surface area contributed by atoms with Crippen molar-refractivity contribution in [1.29, 1.82) is 0 Å². The molecule has 2 aromatic heterocycles. The summed E-state index contributed by atoms with van der Waals surface area (Å²) in [5, 5.41) is 0.345. The van der Waals surface area contributed by atoms with Gasteiger partial charge in [0.15, 0.2) is 0 Å². The Kier molecular flexibility index (Phi) is 5.12. The molecule has 3 heterocycles. The normalized spacial score (nSPS) is 15.1. The Bertz CT molecular complexity index is 1150. The van der Waals surface area contributed by atoms with Crippen LogP contribution in [-0.4, -0.2) is 32.8 Å². The minimum absolute atomic E-state index is 0.0244. The van der Waals surface area contributed by atoms with E-state index in [0.29, 0.717) is 18.8 Å². The summed E-state index contributed by atoms with van der Waals surface area (Å²) in [6.07, 6.45) is -1.68. The number of carbonyl (C=O) groups excluding carboxylic acids is 1. The lowest BCUT2D eigenvalue weighted by Crippen LogP contribution is -2.35. The molecule has 1 saturated heterocycles. The van der Waals surface area contributed by atoms with Crippen LogP contribution in [0.1, 0.15) is 35.3 Å². The highest BCUT2D eigenvalue weighted by Gasteiger charge is 2.33. The molecule has 29 heavy (non-hydrogen) atoms.